The van der Waals surface area contributed by atoms with Crippen molar-refractivity contribution in [1.82, 2.24) is 4.57 Å². The highest BCUT2D eigenvalue weighted by atomic mass is 32.2. The topological polar surface area (TPSA) is 71.7 Å². The van der Waals surface area contributed by atoms with Crippen LogP contribution in [0.4, 0.5) is 5.69 Å². The van der Waals surface area contributed by atoms with Crippen LogP contribution in [0.15, 0.2) is 57.7 Å². The Morgan fingerprint density at radius 2 is 1.69 bits per heavy atom. The predicted octanol–water partition coefficient (Wildman–Crippen LogP) is 4.33. The molecule has 0 aliphatic carbocycles. The lowest BCUT2D eigenvalue weighted by Crippen LogP contribution is -2.14. The van der Waals surface area contributed by atoms with Gasteiger partial charge in [-0.1, -0.05) is 17.2 Å². The number of aryl methyl sites for hydroxylation is 2. The van der Waals surface area contributed by atoms with Crippen molar-refractivity contribution >= 4 is 27.1 Å². The molecule has 1 heterocycles. The summed E-state index contributed by atoms with van der Waals surface area (Å²) in [6, 6.07) is 12.3. The molecule has 136 valence electrons. The van der Waals surface area contributed by atoms with Gasteiger partial charge in [0.15, 0.2) is 4.80 Å². The highest BCUT2D eigenvalue weighted by molar-refractivity contribution is 7.85. The third kappa shape index (κ3) is 3.95. The zero-order chi connectivity index (χ0) is 18.9. The van der Waals surface area contributed by atoms with Gasteiger partial charge < -0.3 is 4.57 Å². The lowest BCUT2D eigenvalue weighted by atomic mass is 10.1. The van der Waals surface area contributed by atoms with E-state index in [0.29, 0.717) is 5.69 Å². The minimum atomic E-state index is -4.19. The van der Waals surface area contributed by atoms with E-state index in [1.807, 2.05) is 0 Å². The lowest BCUT2D eigenvalue weighted by Gasteiger charge is -2.08. The predicted molar refractivity (Wildman–Crippen MR) is 104 cm³/mol. The Morgan fingerprint density at radius 1 is 1.08 bits per heavy atom. The van der Waals surface area contributed by atoms with E-state index < -0.39 is 10.1 Å². The Bertz CT molecular complexity index is 1090. The van der Waals surface area contributed by atoms with Crippen LogP contribution in [0.1, 0.15) is 18.1 Å². The highest BCUT2D eigenvalue weighted by Gasteiger charge is 2.10. The Balaban J connectivity index is 2.06. The first kappa shape index (κ1) is 18.6. The van der Waals surface area contributed by atoms with Crippen LogP contribution in [0.5, 0.6) is 0 Å². The molecule has 3 aromatic rings. The summed E-state index contributed by atoms with van der Waals surface area (Å²) in [5.41, 5.74) is 5.33. The molecule has 0 atom stereocenters. The molecule has 1 aromatic heterocycles. The fourth-order valence-corrected chi connectivity index (χ4v) is 4.35. The molecular weight excluding hydrogens is 368 g/mol. The molecule has 0 spiro atoms. The van der Waals surface area contributed by atoms with Gasteiger partial charge in [-0.15, -0.1) is 11.3 Å². The summed E-state index contributed by atoms with van der Waals surface area (Å²) in [4.78, 5) is 5.33. The second kappa shape index (κ2) is 7.19. The molecule has 5 nitrogen and oxygen atoms in total. The maximum Gasteiger partial charge on any atom is 0.294 e. The van der Waals surface area contributed by atoms with Crippen LogP contribution in [-0.4, -0.2) is 17.5 Å². The van der Waals surface area contributed by atoms with E-state index in [1.165, 1.54) is 23.3 Å². The molecule has 0 unspecified atom stereocenters. The molecule has 0 saturated heterocycles. The molecule has 0 aliphatic heterocycles. The first-order valence-electron chi connectivity index (χ1n) is 8.17. The fraction of sp³-hybridized carbons (Fsp3) is 0.211. The third-order valence-electron chi connectivity index (χ3n) is 3.99. The van der Waals surface area contributed by atoms with Gasteiger partial charge in [0.1, 0.15) is 0 Å². The van der Waals surface area contributed by atoms with Crippen LogP contribution < -0.4 is 4.80 Å². The number of benzene rings is 2. The molecule has 0 bridgehead atoms. The Kier molecular flexibility index (Phi) is 5.13. The molecule has 0 aliphatic rings. The zero-order valence-corrected chi connectivity index (χ0v) is 16.4. The van der Waals surface area contributed by atoms with E-state index in [2.05, 4.69) is 53.9 Å². The first-order valence-corrected chi connectivity index (χ1v) is 10.5. The monoisotopic (exact) mass is 388 g/mol. The maximum absolute atomic E-state index is 11.1. The fourth-order valence-electron chi connectivity index (χ4n) is 2.88. The summed E-state index contributed by atoms with van der Waals surface area (Å²) in [6.45, 7) is 7.01. The van der Waals surface area contributed by atoms with Crippen molar-refractivity contribution < 1.29 is 13.0 Å². The van der Waals surface area contributed by atoms with Gasteiger partial charge in [0.2, 0.25) is 0 Å². The third-order valence-corrected chi connectivity index (χ3v) is 5.72. The second-order valence-electron chi connectivity index (χ2n) is 6.10. The highest BCUT2D eigenvalue weighted by Crippen LogP contribution is 2.24. The summed E-state index contributed by atoms with van der Waals surface area (Å²) in [6.07, 6.45) is 0. The quantitative estimate of drug-likeness (QED) is 0.676. The molecule has 0 saturated carbocycles. The van der Waals surface area contributed by atoms with E-state index in [1.54, 1.807) is 23.5 Å². The summed E-state index contributed by atoms with van der Waals surface area (Å²) >= 11 is 1.54. The van der Waals surface area contributed by atoms with Crippen molar-refractivity contribution in [1.29, 1.82) is 0 Å². The van der Waals surface area contributed by atoms with E-state index >= 15 is 0 Å². The normalized spacial score (nSPS) is 12.5. The maximum atomic E-state index is 11.1. The molecule has 2 aromatic carbocycles. The number of hydrogen-bond acceptors (Lipinski definition) is 4. The largest absolute Gasteiger partial charge is 0.317 e. The molecule has 26 heavy (non-hydrogen) atoms. The van der Waals surface area contributed by atoms with Gasteiger partial charge in [-0.2, -0.15) is 8.42 Å². The summed E-state index contributed by atoms with van der Waals surface area (Å²) in [5, 5.41) is 2.09. The standard InChI is InChI=1S/C19H20N2O3S2/c1-4-21-18(15-10-13(2)9-14(3)11-15)12-25-19(21)20-16-5-7-17(8-6-16)26(22,23)24/h5-12H,4H2,1-3H3,(H,22,23,24). The molecule has 0 fully saturated rings. The minimum Gasteiger partial charge on any atom is -0.317 e. The van der Waals surface area contributed by atoms with Gasteiger partial charge in [-0.25, -0.2) is 4.99 Å². The number of aromatic nitrogens is 1. The van der Waals surface area contributed by atoms with Crippen LogP contribution in [-0.2, 0) is 16.7 Å². The molecular formula is C19H20N2O3S2. The molecule has 3 rings (SSSR count). The molecule has 7 heteroatoms. The van der Waals surface area contributed by atoms with Crippen molar-refractivity contribution in [2.75, 3.05) is 0 Å². The van der Waals surface area contributed by atoms with Crippen LogP contribution >= 0.6 is 11.3 Å². The molecule has 0 amide bonds. The van der Waals surface area contributed by atoms with E-state index in [9.17, 15) is 8.42 Å². The van der Waals surface area contributed by atoms with Gasteiger partial charge in [0.25, 0.3) is 10.1 Å². The average molecular weight is 389 g/mol. The number of rotatable bonds is 4. The second-order valence-corrected chi connectivity index (χ2v) is 8.36. The summed E-state index contributed by atoms with van der Waals surface area (Å²) < 4.78 is 33.5. The van der Waals surface area contributed by atoms with Gasteiger partial charge >= 0.3 is 0 Å². The molecule has 1 N–H and O–H groups in total. The van der Waals surface area contributed by atoms with E-state index in [0.717, 1.165) is 22.6 Å². The Hall–Kier alpha value is -2.22. The van der Waals surface area contributed by atoms with Crippen molar-refractivity contribution in [3.63, 3.8) is 0 Å². The van der Waals surface area contributed by atoms with Crippen LogP contribution in [0.25, 0.3) is 11.3 Å². The number of nitrogens with zero attached hydrogens (tertiary/aromatic N) is 2. The van der Waals surface area contributed by atoms with Crippen molar-refractivity contribution in [2.24, 2.45) is 4.99 Å². The van der Waals surface area contributed by atoms with Crippen molar-refractivity contribution in [3.05, 3.63) is 63.8 Å². The van der Waals surface area contributed by atoms with Gasteiger partial charge in [-0.3, -0.25) is 4.55 Å². The summed E-state index contributed by atoms with van der Waals surface area (Å²) in [7, 11) is -4.19. The minimum absolute atomic E-state index is 0.137. The van der Waals surface area contributed by atoms with E-state index in [-0.39, 0.29) is 4.90 Å². The molecule has 0 radical (unpaired) electrons. The first-order chi connectivity index (χ1) is 12.3. The van der Waals surface area contributed by atoms with E-state index in [4.69, 9.17) is 4.55 Å². The summed E-state index contributed by atoms with van der Waals surface area (Å²) in [5.74, 6) is 0. The zero-order valence-electron chi connectivity index (χ0n) is 14.8. The average Bonchev–Trinajstić information content (AvgIpc) is 2.96. The SMILES string of the molecule is CCn1c(-c2cc(C)cc(C)c2)csc1=Nc1ccc(S(=O)(=O)O)cc1. The van der Waals surface area contributed by atoms with Crippen LogP contribution in [0.2, 0.25) is 0 Å². The van der Waals surface area contributed by atoms with Gasteiger partial charge in [0, 0.05) is 11.9 Å². The smallest absolute Gasteiger partial charge is 0.294 e. The number of thiazole rings is 1. The van der Waals surface area contributed by atoms with Crippen LogP contribution in [0.3, 0.4) is 0 Å². The van der Waals surface area contributed by atoms with Crippen molar-refractivity contribution in [3.8, 4) is 11.3 Å². The van der Waals surface area contributed by atoms with Crippen molar-refractivity contribution in [2.45, 2.75) is 32.2 Å². The Morgan fingerprint density at radius 3 is 2.23 bits per heavy atom. The number of hydrogen-bond donors (Lipinski definition) is 1. The Labute approximate surface area is 157 Å². The van der Waals surface area contributed by atoms with Gasteiger partial charge in [-0.05, 0) is 62.7 Å². The van der Waals surface area contributed by atoms with Crippen LogP contribution in [0, 0.1) is 13.8 Å². The lowest BCUT2D eigenvalue weighted by molar-refractivity contribution is 0.483. The van der Waals surface area contributed by atoms with Gasteiger partial charge in [0.05, 0.1) is 16.3 Å².